The van der Waals surface area contributed by atoms with Crippen molar-refractivity contribution in [1.29, 1.82) is 0 Å². The van der Waals surface area contributed by atoms with Crippen LogP contribution in [0.5, 0.6) is 5.75 Å². The molecule has 3 aromatic rings. The first-order valence-electron chi connectivity index (χ1n) is 11.1. The first-order valence-corrected chi connectivity index (χ1v) is 11.9. The van der Waals surface area contributed by atoms with Gasteiger partial charge in [-0.3, -0.25) is 9.59 Å². The molecule has 1 aliphatic heterocycles. The van der Waals surface area contributed by atoms with Gasteiger partial charge in [-0.05, 0) is 60.0 Å². The summed E-state index contributed by atoms with van der Waals surface area (Å²) in [5.74, 6) is -1.08. The van der Waals surface area contributed by atoms with Gasteiger partial charge in [-0.25, -0.2) is 4.39 Å². The third-order valence-corrected chi connectivity index (χ3v) is 6.67. The van der Waals surface area contributed by atoms with Crippen LogP contribution in [0.15, 0.2) is 60.7 Å². The number of nitrogens with zero attached hydrogens (tertiary/aromatic N) is 1. The third-order valence-electron chi connectivity index (χ3n) is 5.99. The molecule has 0 spiro atoms. The minimum atomic E-state index is -0.987. The molecule has 1 amide bonds. The van der Waals surface area contributed by atoms with Crippen molar-refractivity contribution in [3.8, 4) is 5.75 Å². The van der Waals surface area contributed by atoms with Gasteiger partial charge < -0.3 is 14.7 Å². The van der Waals surface area contributed by atoms with Crippen LogP contribution in [0, 0.1) is 5.82 Å². The Morgan fingerprint density at radius 2 is 1.86 bits per heavy atom. The third kappa shape index (κ3) is 5.95. The summed E-state index contributed by atoms with van der Waals surface area (Å²) < 4.78 is 20.1. The molecule has 35 heavy (non-hydrogen) atoms. The summed E-state index contributed by atoms with van der Waals surface area (Å²) in [7, 11) is 0. The predicted octanol–water partition coefficient (Wildman–Crippen LogP) is 6.19. The van der Waals surface area contributed by atoms with Crippen molar-refractivity contribution in [2.75, 3.05) is 6.54 Å². The minimum Gasteiger partial charge on any atom is -0.487 e. The SMILES string of the molecule is CC1(Cc2ccc(Cl)c(F)c2)Cc2cc(C(=O)N(CCC(=O)O)Cc3ccccc3Cl)ccc2O1. The van der Waals surface area contributed by atoms with Crippen LogP contribution >= 0.6 is 23.2 Å². The zero-order chi connectivity index (χ0) is 25.2. The number of halogens is 3. The van der Waals surface area contributed by atoms with E-state index in [1.165, 1.54) is 17.0 Å². The second kappa shape index (κ2) is 10.3. The van der Waals surface area contributed by atoms with Gasteiger partial charge in [-0.1, -0.05) is 47.5 Å². The average molecular weight is 516 g/mol. The van der Waals surface area contributed by atoms with Crippen molar-refractivity contribution < 1.29 is 23.8 Å². The zero-order valence-electron chi connectivity index (χ0n) is 19.1. The zero-order valence-corrected chi connectivity index (χ0v) is 20.6. The Bertz CT molecular complexity index is 1280. The molecule has 1 aliphatic rings. The highest BCUT2D eigenvalue weighted by Crippen LogP contribution is 2.38. The van der Waals surface area contributed by atoms with Crippen molar-refractivity contribution >= 4 is 35.1 Å². The molecule has 5 nitrogen and oxygen atoms in total. The Kier molecular flexibility index (Phi) is 7.33. The molecule has 0 fully saturated rings. The molecule has 0 bridgehead atoms. The number of hydrogen-bond acceptors (Lipinski definition) is 3. The normalized spacial score (nSPS) is 16.5. The molecular weight excluding hydrogens is 492 g/mol. The lowest BCUT2D eigenvalue weighted by Gasteiger charge is -2.24. The van der Waals surface area contributed by atoms with Gasteiger partial charge in [0.05, 0.1) is 11.4 Å². The van der Waals surface area contributed by atoms with Crippen LogP contribution in [-0.2, 0) is 24.2 Å². The molecule has 4 rings (SSSR count). The van der Waals surface area contributed by atoms with Crippen molar-refractivity contribution in [2.45, 2.75) is 38.3 Å². The molecule has 1 unspecified atom stereocenters. The van der Waals surface area contributed by atoms with Crippen LogP contribution in [0.1, 0.15) is 40.4 Å². The maximum absolute atomic E-state index is 13.9. The Labute approximate surface area is 213 Å². The van der Waals surface area contributed by atoms with Gasteiger partial charge in [0.15, 0.2) is 0 Å². The van der Waals surface area contributed by atoms with E-state index in [4.69, 9.17) is 33.0 Å². The standard InChI is InChI=1S/C27H24Cl2FNO4/c1-27(14-17-6-8-22(29)23(30)12-17)15-20-13-18(7-9-24(20)35-27)26(34)31(11-10-25(32)33)16-19-4-2-3-5-21(19)28/h2-9,12-13H,10-11,14-16H2,1H3,(H,32,33). The van der Waals surface area contributed by atoms with Crippen LogP contribution in [0.2, 0.25) is 10.0 Å². The van der Waals surface area contributed by atoms with E-state index >= 15 is 0 Å². The first kappa shape index (κ1) is 25.0. The largest absolute Gasteiger partial charge is 0.487 e. The number of carbonyl (C=O) groups excluding carboxylic acids is 1. The lowest BCUT2D eigenvalue weighted by Crippen LogP contribution is -2.33. The van der Waals surface area contributed by atoms with E-state index in [1.807, 2.05) is 19.1 Å². The molecule has 182 valence electrons. The van der Waals surface area contributed by atoms with E-state index in [9.17, 15) is 14.0 Å². The van der Waals surface area contributed by atoms with Crippen LogP contribution in [-0.4, -0.2) is 34.0 Å². The minimum absolute atomic E-state index is 0.0484. The number of hydrogen-bond donors (Lipinski definition) is 1. The summed E-state index contributed by atoms with van der Waals surface area (Å²) in [6, 6.07) is 17.1. The topological polar surface area (TPSA) is 66.8 Å². The summed E-state index contributed by atoms with van der Waals surface area (Å²) in [5.41, 5.74) is 2.19. The van der Waals surface area contributed by atoms with E-state index in [0.29, 0.717) is 29.2 Å². The second-order valence-electron chi connectivity index (χ2n) is 8.94. The number of aliphatic carboxylic acids is 1. The molecule has 0 radical (unpaired) electrons. The van der Waals surface area contributed by atoms with Crippen molar-refractivity contribution in [3.05, 3.63) is 98.8 Å². The first-order chi connectivity index (χ1) is 16.6. The smallest absolute Gasteiger partial charge is 0.305 e. The quantitative estimate of drug-likeness (QED) is 0.388. The molecule has 0 saturated heterocycles. The molecule has 0 aliphatic carbocycles. The number of carbonyl (C=O) groups is 2. The molecule has 0 aromatic heterocycles. The number of ether oxygens (including phenoxy) is 1. The van der Waals surface area contributed by atoms with E-state index in [2.05, 4.69) is 0 Å². The number of carboxylic acid groups (broad SMARTS) is 1. The van der Waals surface area contributed by atoms with Crippen molar-refractivity contribution in [1.82, 2.24) is 4.90 Å². The number of carboxylic acids is 1. The molecule has 3 aromatic carbocycles. The van der Waals surface area contributed by atoms with E-state index in [1.54, 1.807) is 36.4 Å². The van der Waals surface area contributed by atoms with Crippen LogP contribution in [0.3, 0.4) is 0 Å². The summed E-state index contributed by atoms with van der Waals surface area (Å²) in [4.78, 5) is 26.1. The highest BCUT2D eigenvalue weighted by molar-refractivity contribution is 6.31. The van der Waals surface area contributed by atoms with E-state index < -0.39 is 17.4 Å². The van der Waals surface area contributed by atoms with E-state index in [0.717, 1.165) is 16.7 Å². The van der Waals surface area contributed by atoms with Gasteiger partial charge in [0.2, 0.25) is 0 Å². The maximum atomic E-state index is 13.9. The van der Waals surface area contributed by atoms with Gasteiger partial charge in [0.25, 0.3) is 5.91 Å². The number of benzene rings is 3. The van der Waals surface area contributed by atoms with Gasteiger partial charge in [0, 0.05) is 36.5 Å². The maximum Gasteiger partial charge on any atom is 0.305 e. The Morgan fingerprint density at radius 3 is 2.57 bits per heavy atom. The van der Waals surface area contributed by atoms with Crippen LogP contribution in [0.25, 0.3) is 0 Å². The highest BCUT2D eigenvalue weighted by Gasteiger charge is 2.36. The Balaban J connectivity index is 1.53. The summed E-state index contributed by atoms with van der Waals surface area (Å²) in [5, 5.41) is 9.74. The number of fused-ring (bicyclic) bond motifs is 1. The monoisotopic (exact) mass is 515 g/mol. The molecule has 8 heteroatoms. The lowest BCUT2D eigenvalue weighted by atomic mass is 9.91. The van der Waals surface area contributed by atoms with Crippen LogP contribution in [0.4, 0.5) is 4.39 Å². The van der Waals surface area contributed by atoms with Gasteiger partial charge in [-0.2, -0.15) is 0 Å². The van der Waals surface area contributed by atoms with Gasteiger partial charge in [0.1, 0.15) is 17.2 Å². The number of rotatable bonds is 8. The summed E-state index contributed by atoms with van der Waals surface area (Å²) in [6.45, 7) is 2.18. The summed E-state index contributed by atoms with van der Waals surface area (Å²) >= 11 is 12.1. The van der Waals surface area contributed by atoms with Gasteiger partial charge >= 0.3 is 5.97 Å². The lowest BCUT2D eigenvalue weighted by molar-refractivity contribution is -0.137. The fraction of sp³-hybridized carbons (Fsp3) is 0.259. The molecular formula is C27H24Cl2FNO4. The molecule has 1 N–H and O–H groups in total. The van der Waals surface area contributed by atoms with E-state index in [-0.39, 0.29) is 30.4 Å². The second-order valence-corrected chi connectivity index (χ2v) is 9.75. The summed E-state index contributed by atoms with van der Waals surface area (Å²) in [6.07, 6.45) is 0.823. The van der Waals surface area contributed by atoms with Gasteiger partial charge in [-0.15, -0.1) is 0 Å². The predicted molar refractivity (Wildman–Crippen MR) is 133 cm³/mol. The average Bonchev–Trinajstić information content (AvgIpc) is 3.14. The molecule has 1 heterocycles. The van der Waals surface area contributed by atoms with Crippen molar-refractivity contribution in [2.24, 2.45) is 0 Å². The number of amides is 1. The molecule has 0 saturated carbocycles. The van der Waals surface area contributed by atoms with Crippen molar-refractivity contribution in [3.63, 3.8) is 0 Å². The fourth-order valence-electron chi connectivity index (χ4n) is 4.33. The van der Waals surface area contributed by atoms with Crippen LogP contribution < -0.4 is 4.74 Å². The fourth-order valence-corrected chi connectivity index (χ4v) is 4.65. The highest BCUT2D eigenvalue weighted by atomic mass is 35.5. The molecule has 1 atom stereocenters. The Hall–Kier alpha value is -3.09. The Morgan fingerprint density at radius 1 is 1.09 bits per heavy atom.